The molecule has 1 saturated heterocycles. The summed E-state index contributed by atoms with van der Waals surface area (Å²) in [7, 11) is 0. The van der Waals surface area contributed by atoms with E-state index in [-0.39, 0.29) is 24.3 Å². The van der Waals surface area contributed by atoms with Crippen LogP contribution in [0.3, 0.4) is 0 Å². The Hall–Kier alpha value is -2.17. The third-order valence-corrected chi connectivity index (χ3v) is 4.58. The first-order chi connectivity index (χ1) is 12.5. The Morgan fingerprint density at radius 3 is 2.31 bits per heavy atom. The van der Waals surface area contributed by atoms with Crippen LogP contribution in [0.1, 0.15) is 57.1 Å². The summed E-state index contributed by atoms with van der Waals surface area (Å²) in [6.45, 7) is 5.04. The van der Waals surface area contributed by atoms with Crippen LogP contribution >= 0.6 is 0 Å². The van der Waals surface area contributed by atoms with E-state index in [1.54, 1.807) is 0 Å². The van der Waals surface area contributed by atoms with Gasteiger partial charge in [0.1, 0.15) is 0 Å². The molecular weight excluding hydrogens is 328 g/mol. The number of hydrogen-bond acceptors (Lipinski definition) is 3. The van der Waals surface area contributed by atoms with E-state index in [0.717, 1.165) is 19.3 Å². The van der Waals surface area contributed by atoms with Crippen LogP contribution in [0.4, 0.5) is 0 Å². The fraction of sp³-hybridized carbons (Fsp3) is 0.571. The minimum Gasteiger partial charge on any atom is -0.354 e. The van der Waals surface area contributed by atoms with Gasteiger partial charge in [0.25, 0.3) is 0 Å². The summed E-state index contributed by atoms with van der Waals surface area (Å²) in [4.78, 5) is 36.5. The number of benzene rings is 1. The number of amides is 3. The molecule has 26 heavy (non-hydrogen) atoms. The zero-order valence-corrected chi connectivity index (χ0v) is 15.9. The lowest BCUT2D eigenvalue weighted by Crippen LogP contribution is -2.44. The number of nitrogens with zero attached hydrogens (tertiary/aromatic N) is 1. The molecule has 0 atom stereocenters. The van der Waals surface area contributed by atoms with Crippen LogP contribution in [0.25, 0.3) is 0 Å². The topological polar surface area (TPSA) is 66.5 Å². The van der Waals surface area contributed by atoms with Gasteiger partial charge < -0.3 is 5.32 Å². The fourth-order valence-electron chi connectivity index (χ4n) is 3.21. The van der Waals surface area contributed by atoms with E-state index in [1.165, 1.54) is 16.0 Å². The van der Waals surface area contributed by atoms with E-state index in [1.807, 2.05) is 0 Å². The van der Waals surface area contributed by atoms with Crippen molar-refractivity contribution in [3.05, 3.63) is 35.4 Å². The smallest absolute Gasteiger partial charge is 0.229 e. The molecule has 2 rings (SSSR count). The van der Waals surface area contributed by atoms with Crippen LogP contribution in [-0.2, 0) is 27.2 Å². The first-order valence-electron chi connectivity index (χ1n) is 9.63. The molecule has 0 aromatic heterocycles. The Kier molecular flexibility index (Phi) is 7.82. The fourth-order valence-corrected chi connectivity index (χ4v) is 3.21. The zero-order chi connectivity index (χ0) is 18.9. The number of piperidine rings is 1. The molecule has 0 radical (unpaired) electrons. The van der Waals surface area contributed by atoms with Crippen LogP contribution in [0, 0.1) is 5.92 Å². The predicted molar refractivity (Wildman–Crippen MR) is 102 cm³/mol. The number of carbonyl (C=O) groups excluding carboxylic acids is 3. The van der Waals surface area contributed by atoms with Crippen molar-refractivity contribution in [2.45, 2.75) is 58.8 Å². The molecule has 1 aliphatic rings. The largest absolute Gasteiger partial charge is 0.354 e. The standard InChI is InChI=1S/C21H30N2O3/c1-16(2)15-18-11-9-17(10-12-18)5-3-6-19(24)22-13-14-23-20(25)7-4-8-21(23)26/h9-12,16H,3-8,13-15H2,1-2H3,(H,22,24). The summed E-state index contributed by atoms with van der Waals surface area (Å²) in [5.74, 6) is 0.367. The van der Waals surface area contributed by atoms with Crippen molar-refractivity contribution in [2.24, 2.45) is 5.92 Å². The second kappa shape index (κ2) is 10.1. The maximum atomic E-state index is 11.9. The Balaban J connectivity index is 1.63. The number of rotatable bonds is 9. The SMILES string of the molecule is CC(C)Cc1ccc(CCCC(=O)NCCN2C(=O)CCCC2=O)cc1. The van der Waals surface area contributed by atoms with Gasteiger partial charge >= 0.3 is 0 Å². The van der Waals surface area contributed by atoms with E-state index in [2.05, 4.69) is 43.4 Å². The van der Waals surface area contributed by atoms with Gasteiger partial charge in [0.05, 0.1) is 0 Å². The van der Waals surface area contributed by atoms with Crippen molar-refractivity contribution < 1.29 is 14.4 Å². The van der Waals surface area contributed by atoms with E-state index >= 15 is 0 Å². The third-order valence-electron chi connectivity index (χ3n) is 4.58. The van der Waals surface area contributed by atoms with Crippen molar-refractivity contribution in [1.29, 1.82) is 0 Å². The number of carbonyl (C=O) groups is 3. The molecule has 1 heterocycles. The van der Waals surface area contributed by atoms with Gasteiger partial charge in [-0.3, -0.25) is 19.3 Å². The first-order valence-corrected chi connectivity index (χ1v) is 9.63. The zero-order valence-electron chi connectivity index (χ0n) is 15.9. The molecule has 0 unspecified atom stereocenters. The lowest BCUT2D eigenvalue weighted by molar-refractivity contribution is -0.148. The Labute approximate surface area is 156 Å². The molecule has 3 amide bonds. The molecule has 0 aliphatic carbocycles. The normalized spacial score (nSPS) is 14.8. The van der Waals surface area contributed by atoms with Gasteiger partial charge in [-0.1, -0.05) is 38.1 Å². The van der Waals surface area contributed by atoms with E-state index in [4.69, 9.17) is 0 Å². The maximum Gasteiger partial charge on any atom is 0.229 e. The summed E-state index contributed by atoms with van der Waals surface area (Å²) < 4.78 is 0. The average Bonchev–Trinajstić information content (AvgIpc) is 2.58. The van der Waals surface area contributed by atoms with Gasteiger partial charge in [-0.05, 0) is 42.7 Å². The third kappa shape index (κ3) is 6.62. The Morgan fingerprint density at radius 1 is 1.08 bits per heavy atom. The number of likely N-dealkylation sites (tertiary alicyclic amines) is 1. The molecule has 1 fully saturated rings. The summed E-state index contributed by atoms with van der Waals surface area (Å²) in [6, 6.07) is 8.62. The quantitative estimate of drug-likeness (QED) is 0.690. The van der Waals surface area contributed by atoms with Crippen molar-refractivity contribution in [2.75, 3.05) is 13.1 Å². The monoisotopic (exact) mass is 358 g/mol. The van der Waals surface area contributed by atoms with E-state index in [9.17, 15) is 14.4 Å². The highest BCUT2D eigenvalue weighted by Gasteiger charge is 2.25. The van der Waals surface area contributed by atoms with Crippen molar-refractivity contribution in [1.82, 2.24) is 10.2 Å². The van der Waals surface area contributed by atoms with Crippen molar-refractivity contribution in [3.8, 4) is 0 Å². The van der Waals surface area contributed by atoms with Gasteiger partial charge in [0.2, 0.25) is 17.7 Å². The number of aryl methyl sites for hydroxylation is 1. The van der Waals surface area contributed by atoms with E-state index in [0.29, 0.717) is 38.1 Å². The molecule has 1 N–H and O–H groups in total. The lowest BCUT2D eigenvalue weighted by atomic mass is 10.00. The highest BCUT2D eigenvalue weighted by Crippen LogP contribution is 2.12. The highest BCUT2D eigenvalue weighted by atomic mass is 16.2. The Morgan fingerprint density at radius 2 is 1.69 bits per heavy atom. The number of imide groups is 1. The van der Waals surface area contributed by atoms with Crippen LogP contribution in [0.15, 0.2) is 24.3 Å². The molecule has 1 aliphatic heterocycles. The second-order valence-corrected chi connectivity index (χ2v) is 7.41. The summed E-state index contributed by atoms with van der Waals surface area (Å²) in [6.07, 6.45) is 4.69. The van der Waals surface area contributed by atoms with Gasteiger partial charge in [-0.15, -0.1) is 0 Å². The molecule has 142 valence electrons. The van der Waals surface area contributed by atoms with Crippen LogP contribution in [0.5, 0.6) is 0 Å². The van der Waals surface area contributed by atoms with E-state index < -0.39 is 0 Å². The van der Waals surface area contributed by atoms with Crippen molar-refractivity contribution >= 4 is 17.7 Å². The molecule has 1 aromatic rings. The summed E-state index contributed by atoms with van der Waals surface area (Å²) >= 11 is 0. The highest BCUT2D eigenvalue weighted by molar-refractivity contribution is 5.97. The summed E-state index contributed by atoms with van der Waals surface area (Å²) in [5.41, 5.74) is 2.60. The molecule has 0 spiro atoms. The van der Waals surface area contributed by atoms with Crippen LogP contribution in [-0.4, -0.2) is 35.7 Å². The average molecular weight is 358 g/mol. The summed E-state index contributed by atoms with van der Waals surface area (Å²) in [5, 5.41) is 2.80. The predicted octanol–water partition coefficient (Wildman–Crippen LogP) is 2.86. The molecule has 0 saturated carbocycles. The second-order valence-electron chi connectivity index (χ2n) is 7.41. The minimum atomic E-state index is -0.128. The van der Waals surface area contributed by atoms with Crippen molar-refractivity contribution in [3.63, 3.8) is 0 Å². The lowest BCUT2D eigenvalue weighted by Gasteiger charge is -2.24. The first kappa shape index (κ1) is 20.1. The maximum absolute atomic E-state index is 11.9. The Bertz CT molecular complexity index is 607. The van der Waals surface area contributed by atoms with Gasteiger partial charge in [0, 0.05) is 32.4 Å². The molecular formula is C21H30N2O3. The van der Waals surface area contributed by atoms with Gasteiger partial charge in [-0.2, -0.15) is 0 Å². The number of nitrogens with one attached hydrogen (secondary N) is 1. The molecule has 1 aromatic carbocycles. The minimum absolute atomic E-state index is 0.0293. The van der Waals surface area contributed by atoms with Crippen LogP contribution in [0.2, 0.25) is 0 Å². The molecule has 0 bridgehead atoms. The van der Waals surface area contributed by atoms with Gasteiger partial charge in [-0.25, -0.2) is 0 Å². The number of hydrogen-bond donors (Lipinski definition) is 1. The molecule has 5 nitrogen and oxygen atoms in total. The molecule has 5 heteroatoms. The van der Waals surface area contributed by atoms with Gasteiger partial charge in [0.15, 0.2) is 0 Å². The van der Waals surface area contributed by atoms with Crippen LogP contribution < -0.4 is 5.32 Å².